The average Bonchev–Trinajstić information content (AvgIpc) is 3.28. The van der Waals surface area contributed by atoms with Crippen LogP contribution in [0.1, 0.15) is 50.9 Å². The number of nitrogens with zero attached hydrogens (tertiary/aromatic N) is 3. The molecule has 1 atom stereocenters. The SMILES string of the molecule is Cc1cc(OCCCn2c([C@H]3CC(=O)N(C(C)(C)C)C3)nc3ccccc32)ccc1Cl. The Morgan fingerprint density at radius 1 is 1.19 bits per heavy atom. The molecule has 1 aliphatic heterocycles. The van der Waals surface area contributed by atoms with Crippen LogP contribution in [-0.2, 0) is 11.3 Å². The quantitative estimate of drug-likeness (QED) is 0.471. The van der Waals surface area contributed by atoms with Gasteiger partial charge in [-0.15, -0.1) is 0 Å². The predicted molar refractivity (Wildman–Crippen MR) is 125 cm³/mol. The number of hydrogen-bond donors (Lipinski definition) is 0. The van der Waals surface area contributed by atoms with Gasteiger partial charge < -0.3 is 14.2 Å². The van der Waals surface area contributed by atoms with Crippen LogP contribution in [-0.4, -0.2) is 39.0 Å². The van der Waals surface area contributed by atoms with Crippen molar-refractivity contribution in [3.63, 3.8) is 0 Å². The van der Waals surface area contributed by atoms with Gasteiger partial charge in [0.25, 0.3) is 0 Å². The van der Waals surface area contributed by atoms with Gasteiger partial charge in [-0.1, -0.05) is 23.7 Å². The number of halogens is 1. The topological polar surface area (TPSA) is 47.4 Å². The number of carbonyl (C=O) groups is 1. The molecule has 6 heteroatoms. The highest BCUT2D eigenvalue weighted by Gasteiger charge is 2.38. The third kappa shape index (κ3) is 4.57. The summed E-state index contributed by atoms with van der Waals surface area (Å²) in [5.41, 5.74) is 2.93. The van der Waals surface area contributed by atoms with E-state index in [2.05, 4.69) is 31.4 Å². The zero-order chi connectivity index (χ0) is 22.2. The van der Waals surface area contributed by atoms with Gasteiger partial charge in [0.2, 0.25) is 5.91 Å². The number of rotatable bonds is 6. The van der Waals surface area contributed by atoms with E-state index in [-0.39, 0.29) is 17.4 Å². The van der Waals surface area contributed by atoms with Gasteiger partial charge in [0.1, 0.15) is 11.6 Å². The first kappa shape index (κ1) is 21.7. The van der Waals surface area contributed by atoms with Gasteiger partial charge in [0.15, 0.2) is 0 Å². The van der Waals surface area contributed by atoms with Gasteiger partial charge >= 0.3 is 0 Å². The zero-order valence-electron chi connectivity index (χ0n) is 18.7. The van der Waals surface area contributed by atoms with E-state index < -0.39 is 0 Å². The molecule has 2 heterocycles. The highest BCUT2D eigenvalue weighted by Crippen LogP contribution is 2.34. The van der Waals surface area contributed by atoms with Crippen molar-refractivity contribution in [1.82, 2.24) is 14.5 Å². The van der Waals surface area contributed by atoms with Crippen LogP contribution in [0.5, 0.6) is 5.75 Å². The number of imidazole rings is 1. The second kappa shape index (κ2) is 8.54. The second-order valence-corrected chi connectivity index (χ2v) is 9.71. The highest BCUT2D eigenvalue weighted by atomic mass is 35.5. The van der Waals surface area contributed by atoms with Gasteiger partial charge in [-0.05, 0) is 70.0 Å². The Balaban J connectivity index is 1.50. The molecule has 3 aromatic rings. The van der Waals surface area contributed by atoms with Crippen molar-refractivity contribution in [2.45, 2.75) is 58.5 Å². The van der Waals surface area contributed by atoms with Crippen LogP contribution in [0.3, 0.4) is 0 Å². The Morgan fingerprint density at radius 3 is 2.68 bits per heavy atom. The molecule has 1 fully saturated rings. The number of carbonyl (C=O) groups excluding carboxylic acids is 1. The summed E-state index contributed by atoms with van der Waals surface area (Å²) >= 11 is 6.10. The number of ether oxygens (including phenoxy) is 1. The minimum absolute atomic E-state index is 0.110. The van der Waals surface area contributed by atoms with Crippen LogP contribution in [0.2, 0.25) is 5.02 Å². The van der Waals surface area contributed by atoms with Crippen LogP contribution in [0.4, 0.5) is 0 Å². The van der Waals surface area contributed by atoms with Gasteiger partial charge in [0, 0.05) is 36.0 Å². The summed E-state index contributed by atoms with van der Waals surface area (Å²) in [5, 5.41) is 0.747. The van der Waals surface area contributed by atoms with E-state index in [4.69, 9.17) is 21.3 Å². The monoisotopic (exact) mass is 439 g/mol. The molecule has 31 heavy (non-hydrogen) atoms. The van der Waals surface area contributed by atoms with E-state index in [1.54, 1.807) is 0 Å². The third-order valence-corrected chi connectivity index (χ3v) is 6.33. The fraction of sp³-hybridized carbons (Fsp3) is 0.440. The number of likely N-dealkylation sites (tertiary alicyclic amines) is 1. The molecule has 0 N–H and O–H groups in total. The van der Waals surface area contributed by atoms with Crippen LogP contribution >= 0.6 is 11.6 Å². The molecule has 0 radical (unpaired) electrons. The zero-order valence-corrected chi connectivity index (χ0v) is 19.4. The maximum atomic E-state index is 12.7. The molecule has 0 spiro atoms. The maximum absolute atomic E-state index is 12.7. The van der Waals surface area contributed by atoms with Crippen LogP contribution in [0.15, 0.2) is 42.5 Å². The second-order valence-electron chi connectivity index (χ2n) is 9.30. The average molecular weight is 440 g/mol. The van der Waals surface area contributed by atoms with Gasteiger partial charge in [-0.25, -0.2) is 4.98 Å². The molecule has 0 saturated carbocycles. The Bertz CT molecular complexity index is 1100. The third-order valence-electron chi connectivity index (χ3n) is 5.91. The largest absolute Gasteiger partial charge is 0.494 e. The summed E-state index contributed by atoms with van der Waals surface area (Å²) < 4.78 is 8.22. The fourth-order valence-corrected chi connectivity index (χ4v) is 4.41. The van der Waals surface area contributed by atoms with E-state index in [1.807, 2.05) is 48.2 Å². The number of para-hydroxylation sites is 2. The maximum Gasteiger partial charge on any atom is 0.223 e. The Kier molecular flexibility index (Phi) is 5.98. The van der Waals surface area contributed by atoms with E-state index in [1.165, 1.54) is 0 Å². The Morgan fingerprint density at radius 2 is 1.97 bits per heavy atom. The number of hydrogen-bond acceptors (Lipinski definition) is 3. The standard InChI is InChI=1S/C25H30ClN3O2/c1-17-14-19(10-11-20(17)26)31-13-7-12-28-22-9-6-5-8-21(22)27-24(28)18-15-23(30)29(16-18)25(2,3)4/h5-6,8-11,14,18H,7,12-13,15-16H2,1-4H3/t18-/m0/s1. The minimum atomic E-state index is -0.173. The Labute approximate surface area is 189 Å². The van der Waals surface area contributed by atoms with Crippen LogP contribution in [0, 0.1) is 6.92 Å². The van der Waals surface area contributed by atoms with Crippen LogP contribution < -0.4 is 4.74 Å². The summed E-state index contributed by atoms with van der Waals surface area (Å²) in [4.78, 5) is 19.6. The lowest BCUT2D eigenvalue weighted by atomic mass is 10.1. The number of benzene rings is 2. The van der Waals surface area contributed by atoms with Gasteiger partial charge in [-0.2, -0.15) is 0 Å². The number of aryl methyl sites for hydroxylation is 2. The van der Waals surface area contributed by atoms with Crippen molar-refractivity contribution < 1.29 is 9.53 Å². The van der Waals surface area contributed by atoms with E-state index in [0.29, 0.717) is 19.6 Å². The molecule has 5 nitrogen and oxygen atoms in total. The van der Waals surface area contributed by atoms with Crippen molar-refractivity contribution in [2.75, 3.05) is 13.2 Å². The number of aromatic nitrogens is 2. The lowest BCUT2D eigenvalue weighted by Crippen LogP contribution is -2.42. The van der Waals surface area contributed by atoms with Crippen LogP contribution in [0.25, 0.3) is 11.0 Å². The first-order chi connectivity index (χ1) is 14.7. The van der Waals surface area contributed by atoms with Crippen molar-refractivity contribution >= 4 is 28.5 Å². The van der Waals surface area contributed by atoms with Crippen molar-refractivity contribution in [3.05, 3.63) is 58.9 Å². The Hall–Kier alpha value is -2.53. The highest BCUT2D eigenvalue weighted by molar-refractivity contribution is 6.31. The van der Waals surface area contributed by atoms with Gasteiger partial charge in [-0.3, -0.25) is 4.79 Å². The molecule has 0 unspecified atom stereocenters. The molecule has 164 valence electrons. The molecular weight excluding hydrogens is 410 g/mol. The number of fused-ring (bicyclic) bond motifs is 1. The van der Waals surface area contributed by atoms with Gasteiger partial charge in [0.05, 0.1) is 17.6 Å². The smallest absolute Gasteiger partial charge is 0.223 e. The summed E-state index contributed by atoms with van der Waals surface area (Å²) in [6.45, 7) is 10.4. The summed E-state index contributed by atoms with van der Waals surface area (Å²) in [7, 11) is 0. The summed E-state index contributed by atoms with van der Waals surface area (Å²) in [6, 6.07) is 13.9. The molecular formula is C25H30ClN3O2. The molecule has 0 bridgehead atoms. The lowest BCUT2D eigenvalue weighted by Gasteiger charge is -2.32. The predicted octanol–water partition coefficient (Wildman–Crippen LogP) is 5.58. The molecule has 2 aromatic carbocycles. The van der Waals surface area contributed by atoms with E-state index in [0.717, 1.165) is 46.2 Å². The first-order valence-electron chi connectivity index (χ1n) is 10.9. The minimum Gasteiger partial charge on any atom is -0.494 e. The molecule has 1 saturated heterocycles. The first-order valence-corrected chi connectivity index (χ1v) is 11.3. The molecule has 1 aliphatic rings. The lowest BCUT2D eigenvalue weighted by molar-refractivity contribution is -0.131. The summed E-state index contributed by atoms with van der Waals surface area (Å²) in [5.74, 6) is 2.15. The van der Waals surface area contributed by atoms with Crippen molar-refractivity contribution in [2.24, 2.45) is 0 Å². The molecule has 0 aliphatic carbocycles. The number of amides is 1. The molecule has 1 aromatic heterocycles. The van der Waals surface area contributed by atoms with Crippen molar-refractivity contribution in [1.29, 1.82) is 0 Å². The molecule has 1 amide bonds. The normalized spacial score (nSPS) is 17.0. The van der Waals surface area contributed by atoms with Crippen molar-refractivity contribution in [3.8, 4) is 5.75 Å². The van der Waals surface area contributed by atoms with E-state index >= 15 is 0 Å². The fourth-order valence-electron chi connectivity index (χ4n) is 4.29. The van der Waals surface area contributed by atoms with E-state index in [9.17, 15) is 4.79 Å². The molecule has 4 rings (SSSR count). The summed E-state index contributed by atoms with van der Waals surface area (Å²) in [6.07, 6.45) is 1.36.